The summed E-state index contributed by atoms with van der Waals surface area (Å²) in [7, 11) is 1.61. The van der Waals surface area contributed by atoms with Crippen molar-refractivity contribution in [2.45, 2.75) is 10.1 Å². The van der Waals surface area contributed by atoms with Gasteiger partial charge in [-0.15, -0.1) is 23.1 Å². The number of methoxy groups -OCH3 is 1. The fraction of sp³-hybridized carbons (Fsp3) is 0.0500. The molecule has 8 nitrogen and oxygen atoms in total. The zero-order valence-corrected chi connectivity index (χ0v) is 29.6. The maximum atomic E-state index is 13.7. The first-order chi connectivity index (χ1) is 24.9. The number of nitrogens with one attached hydrogen (secondary N) is 3. The molecule has 3 amide bonds. The van der Waals surface area contributed by atoms with Gasteiger partial charge in [-0.25, -0.2) is 4.98 Å². The summed E-state index contributed by atoms with van der Waals surface area (Å²) < 4.78 is 5.34. The van der Waals surface area contributed by atoms with Crippen LogP contribution in [0.4, 0.5) is 10.8 Å². The Bertz CT molecular complexity index is 2170. The van der Waals surface area contributed by atoms with Crippen LogP contribution in [0.5, 0.6) is 5.75 Å². The Hall–Kier alpha value is -5.68. The summed E-state index contributed by atoms with van der Waals surface area (Å²) in [6.07, 6.45) is 1.54. The number of hydrogen-bond donors (Lipinski definition) is 3. The van der Waals surface area contributed by atoms with Crippen molar-refractivity contribution in [1.29, 1.82) is 0 Å². The Morgan fingerprint density at radius 2 is 1.53 bits per heavy atom. The highest BCUT2D eigenvalue weighted by molar-refractivity contribution is 8.00. The average Bonchev–Trinajstić information content (AvgIpc) is 3.64. The number of ether oxygens (including phenoxy) is 1. The number of carbonyl (C=O) groups is 3. The smallest absolute Gasteiger partial charge is 0.272 e. The van der Waals surface area contributed by atoms with E-state index in [-0.39, 0.29) is 11.6 Å². The lowest BCUT2D eigenvalue weighted by Gasteiger charge is -2.17. The second-order valence-corrected chi connectivity index (χ2v) is 13.5. The van der Waals surface area contributed by atoms with E-state index in [4.69, 9.17) is 16.3 Å². The van der Waals surface area contributed by atoms with E-state index >= 15 is 0 Å². The first-order valence-corrected chi connectivity index (χ1v) is 17.9. The van der Waals surface area contributed by atoms with Crippen LogP contribution in [-0.4, -0.2) is 29.8 Å². The van der Waals surface area contributed by atoms with E-state index < -0.39 is 17.1 Å². The van der Waals surface area contributed by atoms with Gasteiger partial charge < -0.3 is 20.7 Å². The minimum absolute atomic E-state index is 0.0213. The van der Waals surface area contributed by atoms with E-state index in [1.807, 2.05) is 72.1 Å². The minimum atomic E-state index is -0.589. The highest BCUT2D eigenvalue weighted by Crippen LogP contribution is 2.37. The summed E-state index contributed by atoms with van der Waals surface area (Å²) in [6, 6.07) is 39.9. The summed E-state index contributed by atoms with van der Waals surface area (Å²) in [5.74, 6) is -0.465. The third kappa shape index (κ3) is 9.31. The number of nitrogens with zero attached hydrogens (tertiary/aromatic N) is 1. The zero-order valence-electron chi connectivity index (χ0n) is 27.2. The molecule has 5 aromatic carbocycles. The van der Waals surface area contributed by atoms with Gasteiger partial charge in [-0.05, 0) is 71.8 Å². The largest absolute Gasteiger partial charge is 0.497 e. The van der Waals surface area contributed by atoms with Crippen molar-refractivity contribution in [3.63, 3.8) is 0 Å². The Balaban J connectivity index is 1.17. The van der Waals surface area contributed by atoms with E-state index in [1.165, 1.54) is 29.2 Å². The summed E-state index contributed by atoms with van der Waals surface area (Å²) in [5, 5.41) is 10.8. The molecule has 6 rings (SSSR count). The Morgan fingerprint density at radius 3 is 2.25 bits per heavy atom. The first kappa shape index (κ1) is 35.2. The van der Waals surface area contributed by atoms with Crippen LogP contribution in [0.2, 0.25) is 5.02 Å². The fourth-order valence-electron chi connectivity index (χ4n) is 4.96. The van der Waals surface area contributed by atoms with Gasteiger partial charge in [0, 0.05) is 32.1 Å². The van der Waals surface area contributed by atoms with Gasteiger partial charge in [0.2, 0.25) is 5.91 Å². The fourth-order valence-corrected chi connectivity index (χ4v) is 6.90. The van der Waals surface area contributed by atoms with Crippen LogP contribution >= 0.6 is 34.7 Å². The minimum Gasteiger partial charge on any atom is -0.497 e. The molecule has 11 heteroatoms. The van der Waals surface area contributed by atoms with Crippen LogP contribution in [-0.2, 0) is 9.59 Å². The van der Waals surface area contributed by atoms with Crippen LogP contribution < -0.4 is 20.7 Å². The zero-order chi connectivity index (χ0) is 35.6. The molecule has 0 radical (unpaired) electrons. The number of thioether (sulfide) groups is 1. The molecule has 0 aliphatic carbocycles. The van der Waals surface area contributed by atoms with Crippen molar-refractivity contribution in [1.82, 2.24) is 10.3 Å². The molecule has 1 aromatic heterocycles. The number of hydrogen-bond acceptors (Lipinski definition) is 7. The van der Waals surface area contributed by atoms with Crippen molar-refractivity contribution in [2.24, 2.45) is 0 Å². The number of carbonyl (C=O) groups excluding carboxylic acids is 3. The SMILES string of the molecule is COc1cccc(-c2csc(NC(=O)C(Sc3ccc(NC(=O)/C(=C/c4ccccc4Cl)NC(=O)c4ccccc4)cc3)c3ccccc3)n2)c1. The lowest BCUT2D eigenvalue weighted by atomic mass is 10.1. The van der Waals surface area contributed by atoms with Crippen LogP contribution in [0.3, 0.4) is 0 Å². The van der Waals surface area contributed by atoms with Gasteiger partial charge in [0.25, 0.3) is 11.8 Å². The molecule has 1 heterocycles. The Morgan fingerprint density at radius 1 is 0.824 bits per heavy atom. The van der Waals surface area contributed by atoms with Crippen LogP contribution in [0.1, 0.15) is 26.7 Å². The molecule has 0 aliphatic heterocycles. The van der Waals surface area contributed by atoms with Gasteiger partial charge in [0.1, 0.15) is 16.7 Å². The molecule has 3 N–H and O–H groups in total. The summed E-state index contributed by atoms with van der Waals surface area (Å²) >= 11 is 9.09. The molecule has 1 unspecified atom stereocenters. The lowest BCUT2D eigenvalue weighted by molar-refractivity contribution is -0.116. The van der Waals surface area contributed by atoms with Gasteiger partial charge in [0.05, 0.1) is 12.8 Å². The number of rotatable bonds is 12. The van der Waals surface area contributed by atoms with Gasteiger partial charge in [-0.1, -0.05) is 90.5 Å². The van der Waals surface area contributed by atoms with Gasteiger partial charge in [-0.2, -0.15) is 0 Å². The van der Waals surface area contributed by atoms with Gasteiger partial charge in [0.15, 0.2) is 5.13 Å². The molecule has 0 saturated carbocycles. The second kappa shape index (κ2) is 16.8. The summed E-state index contributed by atoms with van der Waals surface area (Å²) in [5.41, 5.74) is 3.94. The van der Waals surface area contributed by atoms with Gasteiger partial charge in [-0.3, -0.25) is 14.4 Å². The predicted octanol–water partition coefficient (Wildman–Crippen LogP) is 9.35. The number of halogens is 1. The molecule has 1 atom stereocenters. The predicted molar refractivity (Wildman–Crippen MR) is 206 cm³/mol. The first-order valence-electron chi connectivity index (χ1n) is 15.7. The molecular weight excluding hydrogens is 700 g/mol. The van der Waals surface area contributed by atoms with Crippen LogP contribution in [0.15, 0.2) is 149 Å². The normalized spacial score (nSPS) is 11.7. The molecule has 254 valence electrons. The lowest BCUT2D eigenvalue weighted by Crippen LogP contribution is -2.30. The standard InChI is InChI=1S/C40H31ClN4O4S2/c1-49-31-17-10-16-29(23-31)35-25-50-40(44-35)45-39(48)36(26-11-4-2-5-12-26)51-32-21-19-30(20-22-32)42-38(47)34(24-28-15-8-9-18-33(28)41)43-37(46)27-13-6-3-7-14-27/h2-25,36H,1H3,(H,42,47)(H,43,46)(H,44,45,48)/b34-24-. The number of benzene rings is 5. The second-order valence-electron chi connectivity index (χ2n) is 11.0. The number of aromatic nitrogens is 1. The molecular formula is C40H31ClN4O4S2. The van der Waals surface area contributed by atoms with E-state index in [2.05, 4.69) is 20.9 Å². The monoisotopic (exact) mass is 730 g/mol. The maximum Gasteiger partial charge on any atom is 0.272 e. The topological polar surface area (TPSA) is 109 Å². The molecule has 51 heavy (non-hydrogen) atoms. The quantitative estimate of drug-likeness (QED) is 0.0856. The highest BCUT2D eigenvalue weighted by Gasteiger charge is 2.24. The van der Waals surface area contributed by atoms with E-state index in [0.29, 0.717) is 27.0 Å². The number of thiazole rings is 1. The van der Waals surface area contributed by atoms with Gasteiger partial charge >= 0.3 is 0 Å². The number of anilines is 2. The third-order valence-corrected chi connectivity index (χ3v) is 9.91. The summed E-state index contributed by atoms with van der Waals surface area (Å²) in [4.78, 5) is 45.7. The molecule has 6 aromatic rings. The van der Waals surface area contributed by atoms with E-state index in [1.54, 1.807) is 73.8 Å². The summed E-state index contributed by atoms with van der Waals surface area (Å²) in [6.45, 7) is 0. The molecule has 0 fully saturated rings. The number of amides is 3. The maximum absolute atomic E-state index is 13.7. The van der Waals surface area contributed by atoms with Crippen LogP contribution in [0.25, 0.3) is 17.3 Å². The van der Waals surface area contributed by atoms with E-state index in [9.17, 15) is 14.4 Å². The van der Waals surface area contributed by atoms with Crippen molar-refractivity contribution < 1.29 is 19.1 Å². The van der Waals surface area contributed by atoms with Crippen molar-refractivity contribution in [2.75, 3.05) is 17.7 Å². The van der Waals surface area contributed by atoms with Crippen molar-refractivity contribution in [3.05, 3.63) is 166 Å². The highest BCUT2D eigenvalue weighted by atomic mass is 35.5. The molecule has 0 bridgehead atoms. The van der Waals surface area contributed by atoms with Crippen molar-refractivity contribution >= 4 is 69.3 Å². The molecule has 0 spiro atoms. The Kier molecular flexibility index (Phi) is 11.6. The molecule has 0 saturated heterocycles. The molecule has 0 aliphatic rings. The van der Waals surface area contributed by atoms with E-state index in [0.717, 1.165) is 27.5 Å². The van der Waals surface area contributed by atoms with Crippen LogP contribution in [0, 0.1) is 0 Å². The third-order valence-electron chi connectivity index (χ3n) is 7.54. The Labute approximate surface area is 308 Å². The van der Waals surface area contributed by atoms with Crippen molar-refractivity contribution in [3.8, 4) is 17.0 Å². The average molecular weight is 731 g/mol.